The van der Waals surface area contributed by atoms with E-state index in [-0.39, 0.29) is 29.9 Å². The molecule has 5 heterocycles. The number of ether oxygens (including phenoxy) is 1. The Labute approximate surface area is 168 Å². The van der Waals surface area contributed by atoms with Crippen molar-refractivity contribution in [3.63, 3.8) is 0 Å². The van der Waals surface area contributed by atoms with Gasteiger partial charge in [0.05, 0.1) is 29.8 Å². The summed E-state index contributed by atoms with van der Waals surface area (Å²) < 4.78 is 5.93. The van der Waals surface area contributed by atoms with Crippen LogP contribution in [0.4, 0.5) is 0 Å². The third-order valence-electron chi connectivity index (χ3n) is 7.12. The zero-order chi connectivity index (χ0) is 19.5. The van der Waals surface area contributed by atoms with E-state index in [0.717, 1.165) is 36.8 Å². The molecule has 3 fully saturated rings. The Morgan fingerprint density at radius 1 is 1.07 bits per heavy atom. The van der Waals surface area contributed by atoms with Crippen LogP contribution in [0.25, 0.3) is 10.9 Å². The third kappa shape index (κ3) is 2.71. The summed E-state index contributed by atoms with van der Waals surface area (Å²) in [5.74, 6) is 0.991. The molecule has 1 aromatic carbocycles. The molecule has 1 aromatic heterocycles. The summed E-state index contributed by atoms with van der Waals surface area (Å²) in [6.07, 6.45) is 8.12. The number of piperidine rings is 1. The van der Waals surface area contributed by atoms with Crippen LogP contribution >= 0.6 is 0 Å². The summed E-state index contributed by atoms with van der Waals surface area (Å²) in [6.45, 7) is 2.79. The first-order valence-corrected chi connectivity index (χ1v) is 10.5. The molecule has 2 bridgehead atoms. The minimum atomic E-state index is -0.101. The van der Waals surface area contributed by atoms with E-state index in [4.69, 9.17) is 4.74 Å². The predicted molar refractivity (Wildman–Crippen MR) is 106 cm³/mol. The van der Waals surface area contributed by atoms with Crippen LogP contribution in [0.2, 0.25) is 0 Å². The van der Waals surface area contributed by atoms with Gasteiger partial charge in [0.2, 0.25) is 5.91 Å². The van der Waals surface area contributed by atoms with E-state index in [9.17, 15) is 9.59 Å². The predicted octanol–water partition coefficient (Wildman–Crippen LogP) is 1.83. The van der Waals surface area contributed by atoms with Crippen LogP contribution in [0, 0.1) is 17.8 Å². The number of nitrogens with one attached hydrogen (secondary N) is 1. The summed E-state index contributed by atoms with van der Waals surface area (Å²) in [7, 11) is 0. The highest BCUT2D eigenvalue weighted by molar-refractivity contribution is 5.98. The van der Waals surface area contributed by atoms with Gasteiger partial charge in [0.25, 0.3) is 5.91 Å². The molecule has 3 saturated heterocycles. The lowest BCUT2D eigenvalue weighted by molar-refractivity contribution is -0.136. The van der Waals surface area contributed by atoms with Crippen molar-refractivity contribution in [1.29, 1.82) is 0 Å². The Hall–Kier alpha value is -2.67. The zero-order valence-corrected chi connectivity index (χ0v) is 16.2. The Balaban J connectivity index is 1.14. The molecule has 4 aliphatic rings. The lowest BCUT2D eigenvalue weighted by Crippen LogP contribution is -2.46. The van der Waals surface area contributed by atoms with E-state index in [2.05, 4.69) is 22.3 Å². The van der Waals surface area contributed by atoms with Crippen molar-refractivity contribution in [1.82, 2.24) is 20.0 Å². The molecule has 0 aliphatic carbocycles. The van der Waals surface area contributed by atoms with Crippen molar-refractivity contribution in [3.8, 4) is 0 Å². The second-order valence-corrected chi connectivity index (χ2v) is 8.78. The van der Waals surface area contributed by atoms with E-state index in [0.29, 0.717) is 30.5 Å². The lowest BCUT2D eigenvalue weighted by Gasteiger charge is -2.34. The maximum Gasteiger partial charge on any atom is 0.253 e. The molecular weight excluding hydrogens is 368 g/mol. The quantitative estimate of drug-likeness (QED) is 0.791. The monoisotopic (exact) mass is 392 g/mol. The second-order valence-electron chi connectivity index (χ2n) is 8.78. The molecule has 7 heteroatoms. The highest BCUT2D eigenvalue weighted by Crippen LogP contribution is 2.44. The molecule has 0 radical (unpaired) electrons. The van der Waals surface area contributed by atoms with E-state index < -0.39 is 0 Å². The first-order valence-electron chi connectivity index (χ1n) is 10.5. The van der Waals surface area contributed by atoms with Gasteiger partial charge in [-0.15, -0.1) is 0 Å². The van der Waals surface area contributed by atoms with Crippen LogP contribution < -0.4 is 0 Å². The molecule has 150 valence electrons. The highest BCUT2D eigenvalue weighted by Gasteiger charge is 2.52. The molecule has 6 rings (SSSR count). The van der Waals surface area contributed by atoms with Crippen molar-refractivity contribution in [2.45, 2.75) is 25.0 Å². The average Bonchev–Trinajstić information content (AvgIpc) is 3.53. The summed E-state index contributed by atoms with van der Waals surface area (Å²) in [4.78, 5) is 30.2. The first-order chi connectivity index (χ1) is 14.2. The van der Waals surface area contributed by atoms with Crippen LogP contribution in [-0.4, -0.2) is 70.2 Å². The van der Waals surface area contributed by atoms with Gasteiger partial charge in [-0.2, -0.15) is 5.10 Å². The normalized spacial score (nSPS) is 32.9. The van der Waals surface area contributed by atoms with Crippen molar-refractivity contribution in [2.24, 2.45) is 17.8 Å². The standard InChI is InChI=1S/C22H24N4O3/c27-21(13-3-4-18-15(8-13)9-23-24-18)25-7-1-2-14(10-25)22(28)26-11-16-17(12-26)20-6-5-19(16)29-20/h3-6,8-9,14,16-17,19-20H,1-2,7,10-12H2,(H,23,24). The van der Waals surface area contributed by atoms with Crippen molar-refractivity contribution < 1.29 is 14.3 Å². The van der Waals surface area contributed by atoms with Crippen LogP contribution in [0.1, 0.15) is 23.2 Å². The summed E-state index contributed by atoms with van der Waals surface area (Å²) in [5.41, 5.74) is 1.57. The lowest BCUT2D eigenvalue weighted by atomic mass is 9.86. The molecule has 5 atom stereocenters. The van der Waals surface area contributed by atoms with Crippen molar-refractivity contribution in [2.75, 3.05) is 26.2 Å². The molecular formula is C22H24N4O3. The van der Waals surface area contributed by atoms with Gasteiger partial charge < -0.3 is 14.5 Å². The Kier molecular flexibility index (Phi) is 3.81. The SMILES string of the molecule is O=C(c1ccc2[nH]ncc2c1)N1CCCC(C(=O)N2CC3C4C=CC(O4)C3C2)C1. The largest absolute Gasteiger partial charge is 0.366 e. The number of fused-ring (bicyclic) bond motifs is 6. The van der Waals surface area contributed by atoms with E-state index in [1.54, 1.807) is 6.20 Å². The minimum absolute atomic E-state index is 0.000430. The minimum Gasteiger partial charge on any atom is -0.366 e. The van der Waals surface area contributed by atoms with Crippen LogP contribution in [0.5, 0.6) is 0 Å². The molecule has 4 aliphatic heterocycles. The van der Waals surface area contributed by atoms with Crippen molar-refractivity contribution in [3.05, 3.63) is 42.1 Å². The second kappa shape index (κ2) is 6.42. The number of nitrogens with zero attached hydrogens (tertiary/aromatic N) is 3. The number of benzene rings is 1. The molecule has 0 saturated carbocycles. The number of likely N-dealkylation sites (tertiary alicyclic amines) is 2. The summed E-state index contributed by atoms with van der Waals surface area (Å²) >= 11 is 0. The first kappa shape index (κ1) is 17.2. The van der Waals surface area contributed by atoms with Gasteiger partial charge in [-0.1, -0.05) is 12.2 Å². The molecule has 5 unspecified atom stereocenters. The molecule has 29 heavy (non-hydrogen) atoms. The topological polar surface area (TPSA) is 78.5 Å². The van der Waals surface area contributed by atoms with Gasteiger partial charge in [0, 0.05) is 49.0 Å². The highest BCUT2D eigenvalue weighted by atomic mass is 16.5. The molecule has 0 spiro atoms. The van der Waals surface area contributed by atoms with E-state index >= 15 is 0 Å². The Morgan fingerprint density at radius 3 is 2.66 bits per heavy atom. The van der Waals surface area contributed by atoms with E-state index in [1.807, 2.05) is 28.0 Å². The fraction of sp³-hybridized carbons (Fsp3) is 0.500. The number of H-pyrrole nitrogens is 1. The average molecular weight is 392 g/mol. The smallest absolute Gasteiger partial charge is 0.253 e. The zero-order valence-electron chi connectivity index (χ0n) is 16.2. The Bertz CT molecular complexity index is 994. The van der Waals surface area contributed by atoms with Gasteiger partial charge in [-0.05, 0) is 31.0 Å². The molecule has 2 amide bonds. The molecule has 7 nitrogen and oxygen atoms in total. The van der Waals surface area contributed by atoms with Crippen molar-refractivity contribution >= 4 is 22.7 Å². The van der Waals surface area contributed by atoms with Gasteiger partial charge in [0.1, 0.15) is 0 Å². The van der Waals surface area contributed by atoms with Gasteiger partial charge in [-0.25, -0.2) is 0 Å². The number of aromatic nitrogens is 2. The van der Waals surface area contributed by atoms with E-state index in [1.165, 1.54) is 0 Å². The fourth-order valence-corrected chi connectivity index (χ4v) is 5.59. The van der Waals surface area contributed by atoms with Crippen LogP contribution in [0.15, 0.2) is 36.5 Å². The number of hydrogen-bond acceptors (Lipinski definition) is 4. The summed E-state index contributed by atoms with van der Waals surface area (Å²) in [5, 5.41) is 7.85. The number of carbonyl (C=O) groups is 2. The summed E-state index contributed by atoms with van der Waals surface area (Å²) in [6, 6.07) is 5.59. The van der Waals surface area contributed by atoms with Crippen LogP contribution in [0.3, 0.4) is 0 Å². The van der Waals surface area contributed by atoms with Gasteiger partial charge in [0.15, 0.2) is 0 Å². The third-order valence-corrected chi connectivity index (χ3v) is 7.12. The Morgan fingerprint density at radius 2 is 1.86 bits per heavy atom. The number of amides is 2. The van der Waals surface area contributed by atoms with Gasteiger partial charge >= 0.3 is 0 Å². The maximum atomic E-state index is 13.2. The van der Waals surface area contributed by atoms with Gasteiger partial charge in [-0.3, -0.25) is 14.7 Å². The molecule has 2 aromatic rings. The number of carbonyl (C=O) groups excluding carboxylic acids is 2. The molecule has 1 N–H and O–H groups in total. The van der Waals surface area contributed by atoms with Crippen LogP contribution in [-0.2, 0) is 9.53 Å². The fourth-order valence-electron chi connectivity index (χ4n) is 5.59. The maximum absolute atomic E-state index is 13.2. The number of rotatable bonds is 2. The number of aromatic amines is 1. The number of hydrogen-bond donors (Lipinski definition) is 1.